The zero-order chi connectivity index (χ0) is 24.4. The van der Waals surface area contributed by atoms with Crippen molar-refractivity contribution < 1.29 is 34.5 Å². The van der Waals surface area contributed by atoms with Crippen LogP contribution in [-0.4, -0.2) is 69.8 Å². The summed E-state index contributed by atoms with van der Waals surface area (Å²) in [5, 5.41) is 35.0. The molecule has 0 aliphatic rings. The molecule has 11 nitrogen and oxygen atoms in total. The van der Waals surface area contributed by atoms with Crippen LogP contribution in [0.5, 0.6) is 5.75 Å². The molecular weight excluding hydrogens is 420 g/mol. The van der Waals surface area contributed by atoms with Crippen molar-refractivity contribution in [3.63, 3.8) is 0 Å². The first kappa shape index (κ1) is 26.9. The molecule has 0 spiro atoms. The number of amides is 3. The van der Waals surface area contributed by atoms with Gasteiger partial charge in [0.05, 0.1) is 6.61 Å². The van der Waals surface area contributed by atoms with Crippen molar-refractivity contribution in [3.05, 3.63) is 29.8 Å². The Morgan fingerprint density at radius 3 is 2.06 bits per heavy atom. The normalized spacial score (nSPS) is 15.5. The third-order valence-electron chi connectivity index (χ3n) is 5.07. The number of nitrogens with two attached hydrogens (primary N) is 1. The van der Waals surface area contributed by atoms with Gasteiger partial charge in [-0.25, -0.2) is 0 Å². The summed E-state index contributed by atoms with van der Waals surface area (Å²) in [7, 11) is 0. The van der Waals surface area contributed by atoms with Gasteiger partial charge in [-0.2, -0.15) is 0 Å². The number of hydrogen-bond acceptors (Lipinski definition) is 7. The van der Waals surface area contributed by atoms with Crippen LogP contribution in [0.3, 0.4) is 0 Å². The van der Waals surface area contributed by atoms with Gasteiger partial charge in [0, 0.05) is 6.42 Å². The first-order chi connectivity index (χ1) is 15.0. The number of carbonyl (C=O) groups excluding carboxylic acids is 3. The highest BCUT2D eigenvalue weighted by molar-refractivity contribution is 5.94. The van der Waals surface area contributed by atoms with Gasteiger partial charge in [0.15, 0.2) is 0 Å². The third kappa shape index (κ3) is 8.16. The number of rotatable bonds is 12. The van der Waals surface area contributed by atoms with E-state index in [-0.39, 0.29) is 18.1 Å². The number of aromatic hydroxyl groups is 1. The van der Waals surface area contributed by atoms with Crippen molar-refractivity contribution in [3.8, 4) is 5.75 Å². The maximum absolute atomic E-state index is 13.0. The van der Waals surface area contributed by atoms with Crippen LogP contribution in [0, 0.1) is 5.92 Å². The SMILES string of the molecule is CCC(C)C(NC(=O)C(Cc1ccc(O)cc1)NC(=O)C(N)CO)C(=O)NC(C)C(=O)O. The van der Waals surface area contributed by atoms with E-state index in [0.717, 1.165) is 0 Å². The lowest BCUT2D eigenvalue weighted by Crippen LogP contribution is -2.59. The minimum atomic E-state index is -1.24. The number of phenolic OH excluding ortho intramolecular Hbond substituents is 1. The predicted octanol–water partition coefficient (Wildman–Crippen LogP) is -1.14. The maximum atomic E-state index is 13.0. The number of benzene rings is 1. The van der Waals surface area contributed by atoms with Gasteiger partial charge in [-0.15, -0.1) is 0 Å². The summed E-state index contributed by atoms with van der Waals surface area (Å²) in [6.45, 7) is 4.23. The third-order valence-corrected chi connectivity index (χ3v) is 5.07. The molecule has 0 radical (unpaired) electrons. The summed E-state index contributed by atoms with van der Waals surface area (Å²) in [5.74, 6) is -3.62. The maximum Gasteiger partial charge on any atom is 0.325 e. The first-order valence-electron chi connectivity index (χ1n) is 10.3. The first-order valence-corrected chi connectivity index (χ1v) is 10.3. The van der Waals surface area contributed by atoms with Gasteiger partial charge in [0.1, 0.15) is 29.9 Å². The highest BCUT2D eigenvalue weighted by Gasteiger charge is 2.32. The molecule has 0 fully saturated rings. The Morgan fingerprint density at radius 1 is 0.969 bits per heavy atom. The molecule has 32 heavy (non-hydrogen) atoms. The Labute approximate surface area is 186 Å². The topological polar surface area (TPSA) is 191 Å². The van der Waals surface area contributed by atoms with E-state index in [4.69, 9.17) is 15.9 Å². The van der Waals surface area contributed by atoms with Gasteiger partial charge >= 0.3 is 5.97 Å². The molecular formula is C21H32N4O7. The van der Waals surface area contributed by atoms with Gasteiger partial charge in [0.2, 0.25) is 17.7 Å². The van der Waals surface area contributed by atoms with Crippen LogP contribution in [0.25, 0.3) is 0 Å². The van der Waals surface area contributed by atoms with E-state index in [1.807, 2.05) is 6.92 Å². The Morgan fingerprint density at radius 2 is 1.56 bits per heavy atom. The molecule has 3 amide bonds. The number of aliphatic carboxylic acids is 1. The second-order valence-electron chi connectivity index (χ2n) is 7.66. The fourth-order valence-corrected chi connectivity index (χ4v) is 2.76. The molecule has 0 saturated heterocycles. The minimum Gasteiger partial charge on any atom is -0.508 e. The van der Waals surface area contributed by atoms with Crippen LogP contribution in [0.15, 0.2) is 24.3 Å². The number of carbonyl (C=O) groups is 4. The number of aliphatic hydroxyl groups is 1. The Hall–Kier alpha value is -3.18. The average Bonchev–Trinajstić information content (AvgIpc) is 2.76. The van der Waals surface area contributed by atoms with E-state index in [1.165, 1.54) is 19.1 Å². The van der Waals surface area contributed by atoms with E-state index in [0.29, 0.717) is 12.0 Å². The molecule has 8 N–H and O–H groups in total. The van der Waals surface area contributed by atoms with Gasteiger partial charge in [0.25, 0.3) is 0 Å². The summed E-state index contributed by atoms with van der Waals surface area (Å²) in [6, 6.07) is 1.42. The van der Waals surface area contributed by atoms with E-state index < -0.39 is 54.5 Å². The van der Waals surface area contributed by atoms with Crippen LogP contribution >= 0.6 is 0 Å². The second kappa shape index (κ2) is 12.6. The van der Waals surface area contributed by atoms with Crippen molar-refractivity contribution in [2.45, 2.75) is 57.8 Å². The molecule has 5 unspecified atom stereocenters. The molecule has 0 aromatic heterocycles. The standard InChI is InChI=1S/C21H32N4O7/c1-4-11(2)17(20(30)23-12(3)21(31)32)25-19(29)16(24-18(28)15(22)10-26)9-13-5-7-14(27)8-6-13/h5-8,11-12,15-17,26-27H,4,9-10,22H2,1-3H3,(H,23,30)(H,24,28)(H,25,29)(H,31,32). The smallest absolute Gasteiger partial charge is 0.325 e. The minimum absolute atomic E-state index is 0.0242. The quantitative estimate of drug-likeness (QED) is 0.207. The van der Waals surface area contributed by atoms with Crippen LogP contribution in [0.4, 0.5) is 0 Å². The fraction of sp³-hybridized carbons (Fsp3) is 0.524. The van der Waals surface area contributed by atoms with E-state index in [9.17, 15) is 24.3 Å². The average molecular weight is 453 g/mol. The molecule has 0 heterocycles. The number of carboxylic acid groups (broad SMARTS) is 1. The van der Waals surface area contributed by atoms with E-state index >= 15 is 0 Å². The zero-order valence-electron chi connectivity index (χ0n) is 18.4. The number of nitrogens with one attached hydrogen (secondary N) is 3. The summed E-state index contributed by atoms with van der Waals surface area (Å²) in [4.78, 5) is 48.9. The van der Waals surface area contributed by atoms with Crippen molar-refractivity contribution in [2.24, 2.45) is 11.7 Å². The summed E-state index contributed by atoms with van der Waals surface area (Å²) >= 11 is 0. The molecule has 0 bridgehead atoms. The second-order valence-corrected chi connectivity index (χ2v) is 7.66. The lowest BCUT2D eigenvalue weighted by Gasteiger charge is -2.27. The molecule has 0 aliphatic heterocycles. The number of carboxylic acids is 1. The molecule has 1 aromatic rings. The van der Waals surface area contributed by atoms with Gasteiger partial charge in [-0.05, 0) is 30.5 Å². The predicted molar refractivity (Wildman–Crippen MR) is 115 cm³/mol. The van der Waals surface area contributed by atoms with Crippen LogP contribution in [0.1, 0.15) is 32.8 Å². The lowest BCUT2D eigenvalue weighted by atomic mass is 9.96. The van der Waals surface area contributed by atoms with Gasteiger partial charge in [-0.1, -0.05) is 32.4 Å². The summed E-state index contributed by atoms with van der Waals surface area (Å²) in [5.41, 5.74) is 6.15. The molecule has 178 valence electrons. The van der Waals surface area contributed by atoms with Crippen molar-refractivity contribution in [1.82, 2.24) is 16.0 Å². The number of phenols is 1. The van der Waals surface area contributed by atoms with Crippen LogP contribution in [0.2, 0.25) is 0 Å². The summed E-state index contributed by atoms with van der Waals surface area (Å²) < 4.78 is 0. The lowest BCUT2D eigenvalue weighted by molar-refractivity contribution is -0.142. The zero-order valence-corrected chi connectivity index (χ0v) is 18.4. The Balaban J connectivity index is 3.09. The molecule has 11 heteroatoms. The molecule has 0 aliphatic carbocycles. The molecule has 0 saturated carbocycles. The fourth-order valence-electron chi connectivity index (χ4n) is 2.76. The van der Waals surface area contributed by atoms with Gasteiger partial charge < -0.3 is 37.0 Å². The van der Waals surface area contributed by atoms with Crippen LogP contribution < -0.4 is 21.7 Å². The van der Waals surface area contributed by atoms with Crippen molar-refractivity contribution in [1.29, 1.82) is 0 Å². The monoisotopic (exact) mass is 452 g/mol. The number of aliphatic hydroxyl groups excluding tert-OH is 1. The summed E-state index contributed by atoms with van der Waals surface area (Å²) in [6.07, 6.45) is 0.542. The Kier molecular flexibility index (Phi) is 10.6. The van der Waals surface area contributed by atoms with Gasteiger partial charge in [-0.3, -0.25) is 19.2 Å². The van der Waals surface area contributed by atoms with E-state index in [2.05, 4.69) is 16.0 Å². The highest BCUT2D eigenvalue weighted by Crippen LogP contribution is 2.13. The molecule has 5 atom stereocenters. The largest absolute Gasteiger partial charge is 0.508 e. The van der Waals surface area contributed by atoms with Crippen molar-refractivity contribution in [2.75, 3.05) is 6.61 Å². The Bertz CT molecular complexity index is 800. The van der Waals surface area contributed by atoms with Crippen LogP contribution in [-0.2, 0) is 25.6 Å². The molecule has 1 rings (SSSR count). The highest BCUT2D eigenvalue weighted by atomic mass is 16.4. The molecule has 1 aromatic carbocycles. The van der Waals surface area contributed by atoms with Crippen molar-refractivity contribution >= 4 is 23.7 Å². The number of hydrogen-bond donors (Lipinski definition) is 7. The van der Waals surface area contributed by atoms with E-state index in [1.54, 1.807) is 19.1 Å².